The van der Waals surface area contributed by atoms with Crippen molar-refractivity contribution >= 4 is 17.0 Å². The summed E-state index contributed by atoms with van der Waals surface area (Å²) in [5.41, 5.74) is 17.2. The Kier molecular flexibility index (Phi) is 5.14. The SMILES string of the molecule is Cc1cc(Cc2nc(-c3ccc4c(c3)CCCC4)cs2)c(-c2ccccc2)cc1N. The second-order valence-corrected chi connectivity index (χ2v) is 9.17. The molecule has 1 heterocycles. The third kappa shape index (κ3) is 3.78. The maximum Gasteiger partial charge on any atom is 0.0976 e. The molecule has 0 amide bonds. The van der Waals surface area contributed by atoms with Crippen LogP contribution in [0.1, 0.15) is 40.1 Å². The van der Waals surface area contributed by atoms with Crippen LogP contribution in [0.2, 0.25) is 0 Å². The highest BCUT2D eigenvalue weighted by Gasteiger charge is 2.14. The molecule has 0 aliphatic heterocycles. The number of benzene rings is 3. The van der Waals surface area contributed by atoms with Crippen LogP contribution in [0.15, 0.2) is 66.0 Å². The van der Waals surface area contributed by atoms with Crippen LogP contribution in [-0.2, 0) is 19.3 Å². The quantitative estimate of drug-likeness (QED) is 0.374. The molecule has 30 heavy (non-hydrogen) atoms. The number of nitrogen functional groups attached to an aromatic ring is 1. The first-order valence-electron chi connectivity index (χ1n) is 10.7. The zero-order chi connectivity index (χ0) is 20.5. The number of rotatable bonds is 4. The van der Waals surface area contributed by atoms with E-state index < -0.39 is 0 Å². The summed E-state index contributed by atoms with van der Waals surface area (Å²) in [6, 6.07) is 21.7. The second-order valence-electron chi connectivity index (χ2n) is 8.23. The van der Waals surface area contributed by atoms with Crippen LogP contribution in [0.25, 0.3) is 22.4 Å². The third-order valence-corrected chi connectivity index (χ3v) is 6.96. The average Bonchev–Trinajstić information content (AvgIpc) is 3.25. The Morgan fingerprint density at radius 1 is 0.900 bits per heavy atom. The van der Waals surface area contributed by atoms with Gasteiger partial charge in [0.25, 0.3) is 0 Å². The van der Waals surface area contributed by atoms with Gasteiger partial charge in [-0.15, -0.1) is 11.3 Å². The lowest BCUT2D eigenvalue weighted by Crippen LogP contribution is -2.02. The van der Waals surface area contributed by atoms with E-state index in [1.54, 1.807) is 11.3 Å². The predicted molar refractivity (Wildman–Crippen MR) is 128 cm³/mol. The van der Waals surface area contributed by atoms with E-state index >= 15 is 0 Å². The van der Waals surface area contributed by atoms with Crippen molar-refractivity contribution in [3.05, 3.63) is 93.3 Å². The Hall–Kier alpha value is -2.91. The first-order valence-corrected chi connectivity index (χ1v) is 11.6. The summed E-state index contributed by atoms with van der Waals surface area (Å²) in [5.74, 6) is 0. The fraction of sp³-hybridized carbons (Fsp3) is 0.222. The van der Waals surface area contributed by atoms with Crippen molar-refractivity contribution in [1.29, 1.82) is 0 Å². The molecule has 5 rings (SSSR count). The summed E-state index contributed by atoms with van der Waals surface area (Å²) in [7, 11) is 0. The van der Waals surface area contributed by atoms with Gasteiger partial charge in [-0.3, -0.25) is 0 Å². The van der Waals surface area contributed by atoms with Crippen molar-refractivity contribution in [2.45, 2.75) is 39.0 Å². The number of aromatic nitrogens is 1. The van der Waals surface area contributed by atoms with Gasteiger partial charge < -0.3 is 5.73 Å². The Balaban J connectivity index is 1.47. The number of fused-ring (bicyclic) bond motifs is 1. The third-order valence-electron chi connectivity index (χ3n) is 6.11. The molecule has 0 bridgehead atoms. The molecule has 0 saturated carbocycles. The maximum atomic E-state index is 6.24. The van der Waals surface area contributed by atoms with Gasteiger partial charge in [-0.2, -0.15) is 0 Å². The van der Waals surface area contributed by atoms with Crippen LogP contribution >= 0.6 is 11.3 Å². The highest BCUT2D eigenvalue weighted by molar-refractivity contribution is 7.10. The summed E-state index contributed by atoms with van der Waals surface area (Å²) >= 11 is 1.75. The van der Waals surface area contributed by atoms with Gasteiger partial charge in [0, 0.05) is 23.1 Å². The molecule has 0 atom stereocenters. The van der Waals surface area contributed by atoms with E-state index in [9.17, 15) is 0 Å². The van der Waals surface area contributed by atoms with E-state index in [-0.39, 0.29) is 0 Å². The molecule has 150 valence electrons. The smallest absolute Gasteiger partial charge is 0.0976 e. The topological polar surface area (TPSA) is 38.9 Å². The molecule has 0 spiro atoms. The first-order chi connectivity index (χ1) is 14.7. The van der Waals surface area contributed by atoms with Gasteiger partial charge >= 0.3 is 0 Å². The molecule has 1 aromatic heterocycles. The zero-order valence-corrected chi connectivity index (χ0v) is 18.1. The number of hydrogen-bond acceptors (Lipinski definition) is 3. The Labute approximate surface area is 182 Å². The van der Waals surface area contributed by atoms with Crippen LogP contribution in [0.3, 0.4) is 0 Å². The molecule has 0 fully saturated rings. The minimum absolute atomic E-state index is 0.820. The monoisotopic (exact) mass is 410 g/mol. The number of anilines is 1. The lowest BCUT2D eigenvalue weighted by molar-refractivity contribution is 0.686. The fourth-order valence-corrected chi connectivity index (χ4v) is 5.22. The molecule has 1 aliphatic carbocycles. The van der Waals surface area contributed by atoms with Crippen molar-refractivity contribution in [1.82, 2.24) is 4.98 Å². The van der Waals surface area contributed by atoms with Crippen LogP contribution in [-0.4, -0.2) is 4.98 Å². The molecular formula is C27H26N2S. The number of aryl methyl sites for hydroxylation is 3. The number of nitrogens with zero attached hydrogens (tertiary/aromatic N) is 1. The van der Waals surface area contributed by atoms with Crippen molar-refractivity contribution in [3.8, 4) is 22.4 Å². The van der Waals surface area contributed by atoms with Crippen LogP contribution in [0, 0.1) is 6.92 Å². The van der Waals surface area contributed by atoms with Crippen molar-refractivity contribution < 1.29 is 0 Å². The minimum Gasteiger partial charge on any atom is -0.398 e. The highest BCUT2D eigenvalue weighted by atomic mass is 32.1. The first kappa shape index (κ1) is 19.1. The second kappa shape index (κ2) is 8.08. The molecule has 1 aliphatic rings. The van der Waals surface area contributed by atoms with Crippen molar-refractivity contribution in [3.63, 3.8) is 0 Å². The normalized spacial score (nSPS) is 13.2. The van der Waals surface area contributed by atoms with E-state index in [4.69, 9.17) is 10.7 Å². The summed E-state index contributed by atoms with van der Waals surface area (Å²) in [6.07, 6.45) is 5.86. The number of thiazole rings is 1. The summed E-state index contributed by atoms with van der Waals surface area (Å²) in [4.78, 5) is 5.00. The molecule has 0 unspecified atom stereocenters. The van der Waals surface area contributed by atoms with E-state index in [1.165, 1.54) is 59.1 Å². The summed E-state index contributed by atoms with van der Waals surface area (Å²) in [5, 5.41) is 3.34. The molecular weight excluding hydrogens is 384 g/mol. The van der Waals surface area contributed by atoms with Gasteiger partial charge in [0.1, 0.15) is 0 Å². The van der Waals surface area contributed by atoms with Crippen molar-refractivity contribution in [2.24, 2.45) is 0 Å². The molecule has 3 heteroatoms. The van der Waals surface area contributed by atoms with E-state index in [0.717, 1.165) is 28.4 Å². The summed E-state index contributed by atoms with van der Waals surface area (Å²) < 4.78 is 0. The maximum absolute atomic E-state index is 6.24. The molecule has 0 radical (unpaired) electrons. The Morgan fingerprint density at radius 3 is 2.53 bits per heavy atom. The van der Waals surface area contributed by atoms with Crippen molar-refractivity contribution in [2.75, 3.05) is 5.73 Å². The Morgan fingerprint density at radius 2 is 1.70 bits per heavy atom. The van der Waals surface area contributed by atoms with E-state index in [2.05, 4.69) is 66.9 Å². The minimum atomic E-state index is 0.820. The predicted octanol–water partition coefficient (Wildman–Crippen LogP) is 6.84. The van der Waals surface area contributed by atoms with Gasteiger partial charge in [-0.05, 0) is 78.1 Å². The van der Waals surface area contributed by atoms with E-state index in [0.29, 0.717) is 0 Å². The van der Waals surface area contributed by atoms with E-state index in [1.807, 2.05) is 6.07 Å². The van der Waals surface area contributed by atoms with Gasteiger partial charge in [0.2, 0.25) is 0 Å². The van der Waals surface area contributed by atoms with Crippen LogP contribution in [0.5, 0.6) is 0 Å². The van der Waals surface area contributed by atoms with Gasteiger partial charge in [0.15, 0.2) is 0 Å². The molecule has 0 saturated heterocycles. The molecule has 2 N–H and O–H groups in total. The lowest BCUT2D eigenvalue weighted by atomic mass is 9.90. The lowest BCUT2D eigenvalue weighted by Gasteiger charge is -2.16. The summed E-state index contributed by atoms with van der Waals surface area (Å²) in [6.45, 7) is 2.08. The Bertz CT molecular complexity index is 1190. The van der Waals surface area contributed by atoms with Crippen LogP contribution in [0.4, 0.5) is 5.69 Å². The molecule has 4 aromatic rings. The van der Waals surface area contributed by atoms with Gasteiger partial charge in [-0.1, -0.05) is 48.5 Å². The molecule has 3 aromatic carbocycles. The van der Waals surface area contributed by atoms with Crippen LogP contribution < -0.4 is 5.73 Å². The zero-order valence-electron chi connectivity index (χ0n) is 17.3. The van der Waals surface area contributed by atoms with Gasteiger partial charge in [0.05, 0.1) is 10.7 Å². The van der Waals surface area contributed by atoms with Gasteiger partial charge in [-0.25, -0.2) is 4.98 Å². The largest absolute Gasteiger partial charge is 0.398 e. The highest BCUT2D eigenvalue weighted by Crippen LogP contribution is 2.32. The average molecular weight is 411 g/mol. The number of hydrogen-bond donors (Lipinski definition) is 1. The standard InChI is InChI=1S/C27H26N2S/c1-18-13-23(24(16-25(18)28)20-8-3-2-4-9-20)15-27-29-26(17-30-27)22-12-11-19-7-5-6-10-21(19)14-22/h2-4,8-9,11-14,16-17H,5-7,10,15,28H2,1H3. The molecule has 2 nitrogen and oxygen atoms in total. The number of nitrogens with two attached hydrogens (primary N) is 1. The fourth-order valence-electron chi connectivity index (χ4n) is 4.40.